The molecule has 3 nitrogen and oxygen atoms in total. The molecule has 3 heteroatoms. The number of rotatable bonds is 3. The molecule has 1 aliphatic heterocycles. The van der Waals surface area contributed by atoms with Crippen molar-refractivity contribution in [3.05, 3.63) is 35.4 Å². The molecule has 2 rings (SSSR count). The van der Waals surface area contributed by atoms with Gasteiger partial charge in [-0.05, 0) is 17.7 Å². The van der Waals surface area contributed by atoms with Crippen molar-refractivity contribution >= 4 is 0 Å². The summed E-state index contributed by atoms with van der Waals surface area (Å²) >= 11 is 0. The molecular weight excluding hydrogens is 174 g/mol. The zero-order valence-electron chi connectivity index (χ0n) is 7.96. The Morgan fingerprint density at radius 1 is 1.50 bits per heavy atom. The van der Waals surface area contributed by atoms with Gasteiger partial charge in [-0.1, -0.05) is 12.1 Å². The van der Waals surface area contributed by atoms with Crippen LogP contribution in [-0.4, -0.2) is 19.1 Å². The van der Waals surface area contributed by atoms with Gasteiger partial charge in [0.1, 0.15) is 0 Å². The normalized spacial score (nSPS) is 15.9. The minimum atomic E-state index is 0.598. The Balaban J connectivity index is 1.91. The van der Waals surface area contributed by atoms with Crippen LogP contribution in [0.1, 0.15) is 11.1 Å². The van der Waals surface area contributed by atoms with Crippen LogP contribution in [-0.2, 0) is 6.54 Å². The van der Waals surface area contributed by atoms with Crippen LogP contribution in [0.3, 0.4) is 0 Å². The lowest BCUT2D eigenvalue weighted by molar-refractivity contribution is 0.365. The van der Waals surface area contributed by atoms with Crippen LogP contribution in [0.15, 0.2) is 24.3 Å². The second-order valence-corrected chi connectivity index (χ2v) is 3.55. The van der Waals surface area contributed by atoms with E-state index in [1.807, 2.05) is 24.3 Å². The van der Waals surface area contributed by atoms with Gasteiger partial charge < -0.3 is 10.6 Å². The van der Waals surface area contributed by atoms with Gasteiger partial charge in [0.05, 0.1) is 11.6 Å². The van der Waals surface area contributed by atoms with Crippen LogP contribution >= 0.6 is 0 Å². The maximum absolute atomic E-state index is 8.72. The molecule has 1 fully saturated rings. The fourth-order valence-electron chi connectivity index (χ4n) is 1.45. The molecule has 0 radical (unpaired) electrons. The summed E-state index contributed by atoms with van der Waals surface area (Å²) in [6.45, 7) is 2.96. The standard InChI is InChI=1S/C11H13N3/c12-5-9-2-1-3-10(4-9)6-14-11-7-13-8-11/h1-4,11,13-14H,6-8H2. The van der Waals surface area contributed by atoms with E-state index in [4.69, 9.17) is 5.26 Å². The highest BCUT2D eigenvalue weighted by molar-refractivity contribution is 5.32. The predicted molar refractivity (Wildman–Crippen MR) is 54.7 cm³/mol. The van der Waals surface area contributed by atoms with Crippen molar-refractivity contribution in [2.24, 2.45) is 0 Å². The maximum Gasteiger partial charge on any atom is 0.0991 e. The van der Waals surface area contributed by atoms with Crippen LogP contribution in [0, 0.1) is 11.3 Å². The summed E-state index contributed by atoms with van der Waals surface area (Å²) in [6, 6.07) is 10.5. The zero-order valence-corrected chi connectivity index (χ0v) is 7.96. The zero-order chi connectivity index (χ0) is 9.80. The summed E-state index contributed by atoms with van der Waals surface area (Å²) in [5.41, 5.74) is 1.91. The first-order valence-electron chi connectivity index (χ1n) is 4.81. The second-order valence-electron chi connectivity index (χ2n) is 3.55. The summed E-state index contributed by atoms with van der Waals surface area (Å²) in [5.74, 6) is 0. The molecule has 0 unspecified atom stereocenters. The summed E-state index contributed by atoms with van der Waals surface area (Å²) < 4.78 is 0. The first kappa shape index (κ1) is 9.20. The van der Waals surface area contributed by atoms with Crippen molar-refractivity contribution in [3.8, 4) is 6.07 Å². The Hall–Kier alpha value is -1.37. The van der Waals surface area contributed by atoms with E-state index in [2.05, 4.69) is 16.7 Å². The number of nitrogens with one attached hydrogen (secondary N) is 2. The average molecular weight is 187 g/mol. The van der Waals surface area contributed by atoms with Crippen molar-refractivity contribution in [1.82, 2.24) is 10.6 Å². The second kappa shape index (κ2) is 4.23. The average Bonchev–Trinajstić information content (AvgIpc) is 2.16. The van der Waals surface area contributed by atoms with E-state index >= 15 is 0 Å². The molecule has 1 aromatic carbocycles. The predicted octanol–water partition coefficient (Wildman–Crippen LogP) is 0.620. The number of benzene rings is 1. The van der Waals surface area contributed by atoms with Gasteiger partial charge in [-0.15, -0.1) is 0 Å². The van der Waals surface area contributed by atoms with E-state index in [1.165, 1.54) is 5.56 Å². The lowest BCUT2D eigenvalue weighted by Crippen LogP contribution is -2.54. The minimum absolute atomic E-state index is 0.598. The molecule has 1 aliphatic rings. The van der Waals surface area contributed by atoms with Gasteiger partial charge in [-0.25, -0.2) is 0 Å². The van der Waals surface area contributed by atoms with Crippen molar-refractivity contribution < 1.29 is 0 Å². The highest BCUT2D eigenvalue weighted by Crippen LogP contribution is 2.04. The Morgan fingerprint density at radius 2 is 2.36 bits per heavy atom. The molecule has 14 heavy (non-hydrogen) atoms. The first-order valence-corrected chi connectivity index (χ1v) is 4.81. The van der Waals surface area contributed by atoms with Crippen LogP contribution in [0.2, 0.25) is 0 Å². The van der Waals surface area contributed by atoms with Gasteiger partial charge in [-0.2, -0.15) is 5.26 Å². The van der Waals surface area contributed by atoms with Crippen LogP contribution in [0.5, 0.6) is 0 Å². The smallest absolute Gasteiger partial charge is 0.0991 e. The molecule has 0 atom stereocenters. The molecule has 0 spiro atoms. The van der Waals surface area contributed by atoms with Gasteiger partial charge in [0.15, 0.2) is 0 Å². The summed E-state index contributed by atoms with van der Waals surface area (Å²) in [4.78, 5) is 0. The quantitative estimate of drug-likeness (QED) is 0.729. The fourth-order valence-corrected chi connectivity index (χ4v) is 1.45. The summed E-state index contributed by atoms with van der Waals surface area (Å²) in [5, 5.41) is 15.3. The van der Waals surface area contributed by atoms with E-state index < -0.39 is 0 Å². The first-order chi connectivity index (χ1) is 6.88. The topological polar surface area (TPSA) is 47.9 Å². The Kier molecular flexibility index (Phi) is 2.78. The lowest BCUT2D eigenvalue weighted by Gasteiger charge is -2.28. The Labute approximate surface area is 83.7 Å². The van der Waals surface area contributed by atoms with E-state index in [0.717, 1.165) is 25.2 Å². The molecule has 0 aromatic heterocycles. The fraction of sp³-hybridized carbons (Fsp3) is 0.364. The lowest BCUT2D eigenvalue weighted by atomic mass is 10.1. The Morgan fingerprint density at radius 3 is 3.00 bits per heavy atom. The van der Waals surface area contributed by atoms with Crippen LogP contribution in [0.4, 0.5) is 0 Å². The molecule has 1 saturated heterocycles. The summed E-state index contributed by atoms with van der Waals surface area (Å²) in [7, 11) is 0. The Bertz CT molecular complexity index is 350. The number of hydrogen-bond acceptors (Lipinski definition) is 3. The van der Waals surface area contributed by atoms with Crippen molar-refractivity contribution in [2.75, 3.05) is 13.1 Å². The van der Waals surface area contributed by atoms with Crippen molar-refractivity contribution in [2.45, 2.75) is 12.6 Å². The monoisotopic (exact) mass is 187 g/mol. The molecule has 0 amide bonds. The number of nitriles is 1. The molecule has 0 bridgehead atoms. The molecule has 2 N–H and O–H groups in total. The van der Waals surface area contributed by atoms with E-state index in [-0.39, 0.29) is 0 Å². The highest BCUT2D eigenvalue weighted by Gasteiger charge is 2.14. The van der Waals surface area contributed by atoms with Gasteiger partial charge in [-0.3, -0.25) is 0 Å². The van der Waals surface area contributed by atoms with Crippen molar-refractivity contribution in [3.63, 3.8) is 0 Å². The van der Waals surface area contributed by atoms with E-state index in [0.29, 0.717) is 6.04 Å². The van der Waals surface area contributed by atoms with Gasteiger partial charge in [0, 0.05) is 25.7 Å². The van der Waals surface area contributed by atoms with E-state index in [1.54, 1.807) is 0 Å². The van der Waals surface area contributed by atoms with Gasteiger partial charge in [0.25, 0.3) is 0 Å². The van der Waals surface area contributed by atoms with E-state index in [9.17, 15) is 0 Å². The molecule has 72 valence electrons. The molecular formula is C11H13N3. The van der Waals surface area contributed by atoms with Gasteiger partial charge >= 0.3 is 0 Å². The largest absolute Gasteiger partial charge is 0.314 e. The highest BCUT2D eigenvalue weighted by atomic mass is 15.1. The minimum Gasteiger partial charge on any atom is -0.314 e. The van der Waals surface area contributed by atoms with Gasteiger partial charge in [0.2, 0.25) is 0 Å². The molecule has 0 aliphatic carbocycles. The third-order valence-electron chi connectivity index (χ3n) is 2.43. The number of hydrogen-bond donors (Lipinski definition) is 2. The third-order valence-corrected chi connectivity index (χ3v) is 2.43. The third kappa shape index (κ3) is 2.11. The van der Waals surface area contributed by atoms with Crippen LogP contribution < -0.4 is 10.6 Å². The molecule has 1 aromatic rings. The maximum atomic E-state index is 8.72. The van der Waals surface area contributed by atoms with Crippen LogP contribution in [0.25, 0.3) is 0 Å². The SMILES string of the molecule is N#Cc1cccc(CNC2CNC2)c1. The van der Waals surface area contributed by atoms with Crippen molar-refractivity contribution in [1.29, 1.82) is 5.26 Å². The number of nitrogens with zero attached hydrogens (tertiary/aromatic N) is 1. The molecule has 1 heterocycles. The summed E-state index contributed by atoms with van der Waals surface area (Å²) in [6.07, 6.45) is 0. The molecule has 0 saturated carbocycles.